The molecule has 0 fully saturated rings. The first kappa shape index (κ1) is 12.6. The molecule has 1 aromatic carbocycles. The van der Waals surface area contributed by atoms with Crippen LogP contribution in [0.3, 0.4) is 0 Å². The summed E-state index contributed by atoms with van der Waals surface area (Å²) in [7, 11) is 1.64. The van der Waals surface area contributed by atoms with E-state index in [-0.39, 0.29) is 16.5 Å². The first-order valence-electron chi connectivity index (χ1n) is 5.26. The second-order valence-electron chi connectivity index (χ2n) is 3.90. The average Bonchev–Trinajstić information content (AvgIpc) is 2.84. The maximum atomic E-state index is 13.3. The quantitative estimate of drug-likeness (QED) is 0.929. The molecule has 1 N–H and O–H groups in total. The van der Waals surface area contributed by atoms with Crippen LogP contribution in [0, 0.1) is 5.82 Å². The minimum Gasteiger partial charge on any atom is -0.337 e. The maximum Gasteiger partial charge on any atom is 0.254 e. The molecule has 6 heteroatoms. The Morgan fingerprint density at radius 3 is 2.94 bits per heavy atom. The van der Waals surface area contributed by atoms with Crippen LogP contribution in [-0.4, -0.2) is 28.1 Å². The van der Waals surface area contributed by atoms with Gasteiger partial charge in [0.25, 0.3) is 5.91 Å². The van der Waals surface area contributed by atoms with Crippen molar-refractivity contribution in [1.29, 1.82) is 0 Å². The van der Waals surface area contributed by atoms with Crippen LogP contribution in [-0.2, 0) is 6.54 Å². The number of halogens is 2. The molecule has 0 saturated heterocycles. The Hall–Kier alpha value is -1.88. The number of aromatic nitrogens is 2. The fourth-order valence-electron chi connectivity index (χ4n) is 1.56. The molecular formula is C12H11ClFN3O. The normalized spacial score (nSPS) is 10.4. The molecule has 0 spiro atoms. The Labute approximate surface area is 108 Å². The molecule has 4 nitrogen and oxygen atoms in total. The van der Waals surface area contributed by atoms with Crippen molar-refractivity contribution in [2.45, 2.75) is 6.54 Å². The monoisotopic (exact) mass is 267 g/mol. The Morgan fingerprint density at radius 1 is 1.56 bits per heavy atom. The number of nitrogens with one attached hydrogen (secondary N) is 1. The number of benzene rings is 1. The third kappa shape index (κ3) is 2.68. The minimum absolute atomic E-state index is 0.00374. The fraction of sp³-hybridized carbons (Fsp3) is 0.167. The van der Waals surface area contributed by atoms with E-state index in [2.05, 4.69) is 10.2 Å². The lowest BCUT2D eigenvalue weighted by Gasteiger charge is -2.16. The van der Waals surface area contributed by atoms with E-state index < -0.39 is 5.82 Å². The number of carbonyl (C=O) groups is 1. The van der Waals surface area contributed by atoms with E-state index in [1.54, 1.807) is 19.4 Å². The molecule has 1 aromatic heterocycles. The molecular weight excluding hydrogens is 257 g/mol. The van der Waals surface area contributed by atoms with Crippen LogP contribution >= 0.6 is 11.6 Å². The highest BCUT2D eigenvalue weighted by molar-refractivity contribution is 6.30. The fourth-order valence-corrected chi connectivity index (χ4v) is 1.68. The summed E-state index contributed by atoms with van der Waals surface area (Å²) in [6, 6.07) is 4.01. The third-order valence-corrected chi connectivity index (χ3v) is 2.79. The summed E-state index contributed by atoms with van der Waals surface area (Å²) in [4.78, 5) is 13.5. The molecule has 94 valence electrons. The van der Waals surface area contributed by atoms with E-state index in [1.165, 1.54) is 17.0 Å². The highest BCUT2D eigenvalue weighted by atomic mass is 35.5. The van der Waals surface area contributed by atoms with Gasteiger partial charge in [0.05, 0.1) is 11.2 Å². The molecule has 0 bridgehead atoms. The lowest BCUT2D eigenvalue weighted by atomic mass is 10.2. The van der Waals surface area contributed by atoms with Crippen LogP contribution in [0.4, 0.5) is 4.39 Å². The minimum atomic E-state index is -0.598. The van der Waals surface area contributed by atoms with Crippen LogP contribution in [0.5, 0.6) is 0 Å². The summed E-state index contributed by atoms with van der Waals surface area (Å²) >= 11 is 5.57. The van der Waals surface area contributed by atoms with Gasteiger partial charge in [0.1, 0.15) is 5.82 Å². The number of aromatic amines is 1. The van der Waals surface area contributed by atoms with E-state index >= 15 is 0 Å². The molecule has 0 atom stereocenters. The molecule has 1 amide bonds. The molecule has 2 aromatic rings. The molecule has 0 unspecified atom stereocenters. The van der Waals surface area contributed by atoms with Crippen molar-refractivity contribution in [2.24, 2.45) is 0 Å². The van der Waals surface area contributed by atoms with Gasteiger partial charge in [0, 0.05) is 30.9 Å². The molecule has 2 rings (SSSR count). The van der Waals surface area contributed by atoms with Gasteiger partial charge in [0.2, 0.25) is 0 Å². The number of H-pyrrole nitrogens is 1. The SMILES string of the molecule is CN(Cc1cn[nH]c1)C(=O)c1ccc(Cl)c(F)c1. The molecule has 0 aliphatic heterocycles. The number of rotatable bonds is 3. The smallest absolute Gasteiger partial charge is 0.254 e. The number of hydrogen-bond donors (Lipinski definition) is 1. The van der Waals surface area contributed by atoms with Crippen molar-refractivity contribution < 1.29 is 9.18 Å². The molecule has 1 heterocycles. The van der Waals surface area contributed by atoms with Crippen LogP contribution in [0.25, 0.3) is 0 Å². The topological polar surface area (TPSA) is 49.0 Å². The van der Waals surface area contributed by atoms with Gasteiger partial charge in [-0.15, -0.1) is 0 Å². The summed E-state index contributed by atoms with van der Waals surface area (Å²) in [5.41, 5.74) is 1.14. The molecule has 0 saturated carbocycles. The predicted molar refractivity (Wildman–Crippen MR) is 65.8 cm³/mol. The van der Waals surface area contributed by atoms with Gasteiger partial charge in [-0.05, 0) is 18.2 Å². The standard InChI is InChI=1S/C12H11ClFN3O/c1-17(7-8-5-15-16-6-8)12(18)9-2-3-10(13)11(14)4-9/h2-6H,7H2,1H3,(H,15,16). The average molecular weight is 268 g/mol. The van der Waals surface area contributed by atoms with Crippen molar-refractivity contribution in [1.82, 2.24) is 15.1 Å². The lowest BCUT2D eigenvalue weighted by molar-refractivity contribution is 0.0784. The Balaban J connectivity index is 2.12. The zero-order chi connectivity index (χ0) is 13.1. The zero-order valence-electron chi connectivity index (χ0n) is 9.65. The van der Waals surface area contributed by atoms with Crippen LogP contribution in [0.2, 0.25) is 5.02 Å². The van der Waals surface area contributed by atoms with E-state index in [0.717, 1.165) is 11.6 Å². The van der Waals surface area contributed by atoms with Crippen molar-refractivity contribution >= 4 is 17.5 Å². The number of hydrogen-bond acceptors (Lipinski definition) is 2. The predicted octanol–water partition coefficient (Wildman–Crippen LogP) is 2.47. The summed E-state index contributed by atoms with van der Waals surface area (Å²) in [6.45, 7) is 0.402. The summed E-state index contributed by atoms with van der Waals surface area (Å²) < 4.78 is 13.3. The lowest BCUT2D eigenvalue weighted by Crippen LogP contribution is -2.26. The van der Waals surface area contributed by atoms with Gasteiger partial charge < -0.3 is 4.90 Å². The van der Waals surface area contributed by atoms with Crippen LogP contribution in [0.15, 0.2) is 30.6 Å². The first-order chi connectivity index (χ1) is 8.58. The van der Waals surface area contributed by atoms with Gasteiger partial charge in [-0.3, -0.25) is 9.89 Å². The largest absolute Gasteiger partial charge is 0.337 e. The second kappa shape index (κ2) is 5.18. The first-order valence-corrected chi connectivity index (χ1v) is 5.64. The summed E-state index contributed by atoms with van der Waals surface area (Å²) in [5, 5.41) is 6.46. The Bertz CT molecular complexity index is 556. The van der Waals surface area contributed by atoms with Gasteiger partial charge >= 0.3 is 0 Å². The molecule has 0 aliphatic rings. The van der Waals surface area contributed by atoms with Crippen molar-refractivity contribution in [3.63, 3.8) is 0 Å². The molecule has 0 aliphatic carbocycles. The van der Waals surface area contributed by atoms with E-state index in [9.17, 15) is 9.18 Å². The highest BCUT2D eigenvalue weighted by Crippen LogP contribution is 2.17. The summed E-state index contributed by atoms with van der Waals surface area (Å²) in [5.74, 6) is -0.869. The number of amides is 1. The van der Waals surface area contributed by atoms with Gasteiger partial charge in [-0.2, -0.15) is 5.10 Å². The van der Waals surface area contributed by atoms with Gasteiger partial charge in [-0.25, -0.2) is 4.39 Å². The molecule has 18 heavy (non-hydrogen) atoms. The van der Waals surface area contributed by atoms with Crippen molar-refractivity contribution in [2.75, 3.05) is 7.05 Å². The Morgan fingerprint density at radius 2 is 2.33 bits per heavy atom. The summed E-state index contributed by atoms with van der Waals surface area (Å²) in [6.07, 6.45) is 3.33. The highest BCUT2D eigenvalue weighted by Gasteiger charge is 2.14. The van der Waals surface area contributed by atoms with Crippen LogP contribution < -0.4 is 0 Å². The van der Waals surface area contributed by atoms with E-state index in [0.29, 0.717) is 6.54 Å². The van der Waals surface area contributed by atoms with Crippen LogP contribution in [0.1, 0.15) is 15.9 Å². The third-order valence-electron chi connectivity index (χ3n) is 2.49. The van der Waals surface area contributed by atoms with Gasteiger partial charge in [0.15, 0.2) is 0 Å². The zero-order valence-corrected chi connectivity index (χ0v) is 10.4. The number of nitrogens with zero attached hydrogens (tertiary/aromatic N) is 2. The van der Waals surface area contributed by atoms with Crippen molar-refractivity contribution in [3.8, 4) is 0 Å². The van der Waals surface area contributed by atoms with Gasteiger partial charge in [-0.1, -0.05) is 11.6 Å². The number of carbonyl (C=O) groups excluding carboxylic acids is 1. The van der Waals surface area contributed by atoms with E-state index in [1.807, 2.05) is 0 Å². The van der Waals surface area contributed by atoms with E-state index in [4.69, 9.17) is 11.6 Å². The maximum absolute atomic E-state index is 13.3. The Kier molecular flexibility index (Phi) is 3.62. The second-order valence-corrected chi connectivity index (χ2v) is 4.30. The van der Waals surface area contributed by atoms with Crippen molar-refractivity contribution in [3.05, 3.63) is 52.6 Å². The molecule has 0 radical (unpaired) electrons.